The summed E-state index contributed by atoms with van der Waals surface area (Å²) in [4.78, 5) is 6.56. The highest BCUT2D eigenvalue weighted by Crippen LogP contribution is 2.24. The van der Waals surface area contributed by atoms with Gasteiger partial charge in [-0.1, -0.05) is 13.8 Å². The van der Waals surface area contributed by atoms with E-state index in [0.717, 1.165) is 26.0 Å². The molecule has 0 fully saturated rings. The Labute approximate surface area is 117 Å². The van der Waals surface area contributed by atoms with E-state index in [4.69, 9.17) is 10.5 Å². The van der Waals surface area contributed by atoms with E-state index in [1.54, 1.807) is 7.11 Å². The van der Waals surface area contributed by atoms with Crippen molar-refractivity contribution in [1.82, 2.24) is 9.88 Å². The molecule has 0 bridgehead atoms. The summed E-state index contributed by atoms with van der Waals surface area (Å²) < 4.78 is 5.25. The molecule has 1 aromatic heterocycles. The molecule has 0 saturated heterocycles. The van der Waals surface area contributed by atoms with Gasteiger partial charge in [0.05, 0.1) is 6.61 Å². The largest absolute Gasteiger partial charge is 0.383 e. The molecule has 0 radical (unpaired) electrons. The molecule has 0 saturated carbocycles. The second-order valence-electron chi connectivity index (χ2n) is 4.73. The van der Waals surface area contributed by atoms with Crippen LogP contribution in [0.3, 0.4) is 0 Å². The summed E-state index contributed by atoms with van der Waals surface area (Å²) in [5.74, 6) is 0. The standard InChI is InChI=1S/C15H27N3O/c1-4-14(5-2)18(10-11-19-3)15(12-16)13-6-8-17-9-7-13/h6-9,14-15H,4-5,10-12,16H2,1-3H3. The molecule has 1 unspecified atom stereocenters. The molecule has 1 rings (SSSR count). The normalized spacial score (nSPS) is 13.2. The van der Waals surface area contributed by atoms with Crippen molar-refractivity contribution in [3.8, 4) is 0 Å². The van der Waals surface area contributed by atoms with Crippen LogP contribution in [0.4, 0.5) is 0 Å². The lowest BCUT2D eigenvalue weighted by Gasteiger charge is -2.37. The number of nitrogens with zero attached hydrogens (tertiary/aromatic N) is 2. The summed E-state index contributed by atoms with van der Waals surface area (Å²) in [7, 11) is 1.75. The lowest BCUT2D eigenvalue weighted by Crippen LogP contribution is -2.42. The van der Waals surface area contributed by atoms with Gasteiger partial charge < -0.3 is 10.5 Å². The summed E-state index contributed by atoms with van der Waals surface area (Å²) in [6.07, 6.45) is 5.92. The van der Waals surface area contributed by atoms with Crippen molar-refractivity contribution in [3.05, 3.63) is 30.1 Å². The van der Waals surface area contributed by atoms with Crippen molar-refractivity contribution in [1.29, 1.82) is 0 Å². The molecule has 0 aliphatic heterocycles. The molecule has 0 aromatic carbocycles. The third-order valence-electron chi connectivity index (χ3n) is 3.68. The number of ether oxygens (including phenoxy) is 1. The van der Waals surface area contributed by atoms with Gasteiger partial charge in [-0.2, -0.15) is 0 Å². The monoisotopic (exact) mass is 265 g/mol. The first-order chi connectivity index (χ1) is 9.28. The first-order valence-electron chi connectivity index (χ1n) is 7.13. The van der Waals surface area contributed by atoms with Crippen molar-refractivity contribution in [2.45, 2.75) is 38.8 Å². The van der Waals surface area contributed by atoms with Crippen molar-refractivity contribution >= 4 is 0 Å². The molecule has 1 heterocycles. The summed E-state index contributed by atoms with van der Waals surface area (Å²) in [5, 5.41) is 0. The van der Waals surface area contributed by atoms with Crippen LogP contribution in [0, 0.1) is 0 Å². The first kappa shape index (κ1) is 16.1. The van der Waals surface area contributed by atoms with Gasteiger partial charge in [0.2, 0.25) is 0 Å². The van der Waals surface area contributed by atoms with Crippen molar-refractivity contribution < 1.29 is 4.74 Å². The number of pyridine rings is 1. The number of hydrogen-bond acceptors (Lipinski definition) is 4. The van der Waals surface area contributed by atoms with Gasteiger partial charge in [-0.25, -0.2) is 0 Å². The molecule has 0 aliphatic carbocycles. The average Bonchev–Trinajstić information content (AvgIpc) is 2.47. The van der Waals surface area contributed by atoms with Crippen LogP contribution in [0.15, 0.2) is 24.5 Å². The Kier molecular flexibility index (Phi) is 7.63. The van der Waals surface area contributed by atoms with Gasteiger partial charge in [0.1, 0.15) is 0 Å². The van der Waals surface area contributed by atoms with Crippen LogP contribution >= 0.6 is 0 Å². The van der Waals surface area contributed by atoms with E-state index in [1.807, 2.05) is 12.4 Å². The minimum Gasteiger partial charge on any atom is -0.383 e. The zero-order chi connectivity index (χ0) is 14.1. The molecule has 4 heteroatoms. The van der Waals surface area contributed by atoms with E-state index in [0.29, 0.717) is 12.6 Å². The molecule has 1 atom stereocenters. The fourth-order valence-electron chi connectivity index (χ4n) is 2.60. The smallest absolute Gasteiger partial charge is 0.0590 e. The second-order valence-corrected chi connectivity index (χ2v) is 4.73. The molecule has 0 spiro atoms. The van der Waals surface area contributed by atoms with Crippen molar-refractivity contribution in [2.24, 2.45) is 5.73 Å². The number of aromatic nitrogens is 1. The minimum atomic E-state index is 0.239. The Morgan fingerprint density at radius 2 is 1.89 bits per heavy atom. The molecule has 19 heavy (non-hydrogen) atoms. The van der Waals surface area contributed by atoms with Crippen LogP contribution in [-0.4, -0.2) is 42.7 Å². The van der Waals surface area contributed by atoms with Crippen molar-refractivity contribution in [3.63, 3.8) is 0 Å². The maximum absolute atomic E-state index is 6.02. The van der Waals surface area contributed by atoms with Crippen molar-refractivity contribution in [2.75, 3.05) is 26.8 Å². The Balaban J connectivity index is 2.91. The first-order valence-corrected chi connectivity index (χ1v) is 7.13. The van der Waals surface area contributed by atoms with E-state index in [9.17, 15) is 0 Å². The maximum Gasteiger partial charge on any atom is 0.0590 e. The Morgan fingerprint density at radius 3 is 2.37 bits per heavy atom. The van der Waals surface area contributed by atoms with Gasteiger partial charge in [0.25, 0.3) is 0 Å². The highest BCUT2D eigenvalue weighted by Gasteiger charge is 2.24. The fourth-order valence-corrected chi connectivity index (χ4v) is 2.60. The number of nitrogens with two attached hydrogens (primary N) is 1. The lowest BCUT2D eigenvalue weighted by atomic mass is 10.0. The van der Waals surface area contributed by atoms with E-state index in [2.05, 4.69) is 35.9 Å². The molecular weight excluding hydrogens is 238 g/mol. The molecule has 4 nitrogen and oxygen atoms in total. The summed E-state index contributed by atoms with van der Waals surface area (Å²) in [6.45, 7) is 6.72. The van der Waals surface area contributed by atoms with E-state index in [-0.39, 0.29) is 6.04 Å². The SMILES string of the molecule is CCC(CC)N(CCOC)C(CN)c1ccncc1. The maximum atomic E-state index is 6.02. The van der Waals surface area contributed by atoms with Gasteiger partial charge in [0.15, 0.2) is 0 Å². The Morgan fingerprint density at radius 1 is 1.26 bits per heavy atom. The molecular formula is C15H27N3O. The topological polar surface area (TPSA) is 51.4 Å². The van der Waals surface area contributed by atoms with Crippen LogP contribution in [0.25, 0.3) is 0 Å². The van der Waals surface area contributed by atoms with E-state index in [1.165, 1.54) is 5.56 Å². The van der Waals surface area contributed by atoms with E-state index >= 15 is 0 Å². The Hall–Kier alpha value is -0.970. The van der Waals surface area contributed by atoms with Gasteiger partial charge in [-0.15, -0.1) is 0 Å². The summed E-state index contributed by atoms with van der Waals surface area (Å²) >= 11 is 0. The number of hydrogen-bond donors (Lipinski definition) is 1. The van der Waals surface area contributed by atoms with Crippen LogP contribution < -0.4 is 5.73 Å². The molecule has 2 N–H and O–H groups in total. The average molecular weight is 265 g/mol. The van der Waals surface area contributed by atoms with Gasteiger partial charge in [-0.3, -0.25) is 9.88 Å². The zero-order valence-corrected chi connectivity index (χ0v) is 12.4. The third kappa shape index (κ3) is 4.56. The summed E-state index contributed by atoms with van der Waals surface area (Å²) in [6, 6.07) is 4.89. The highest BCUT2D eigenvalue weighted by molar-refractivity contribution is 5.16. The van der Waals surface area contributed by atoms with E-state index < -0.39 is 0 Å². The fraction of sp³-hybridized carbons (Fsp3) is 0.667. The molecule has 0 amide bonds. The number of rotatable bonds is 9. The third-order valence-corrected chi connectivity index (χ3v) is 3.68. The van der Waals surface area contributed by atoms with Gasteiger partial charge >= 0.3 is 0 Å². The second kappa shape index (κ2) is 9.02. The Bertz CT molecular complexity index is 327. The lowest BCUT2D eigenvalue weighted by molar-refractivity contribution is 0.0817. The molecule has 0 aliphatic rings. The number of methoxy groups -OCH3 is 1. The predicted octanol–water partition coefficient (Wildman–Crippen LogP) is 2.22. The summed E-state index contributed by atoms with van der Waals surface area (Å²) in [5.41, 5.74) is 7.26. The van der Waals surface area contributed by atoms with Crippen LogP contribution in [0.5, 0.6) is 0 Å². The predicted molar refractivity (Wildman–Crippen MR) is 79.0 cm³/mol. The quantitative estimate of drug-likeness (QED) is 0.744. The zero-order valence-electron chi connectivity index (χ0n) is 12.4. The molecule has 1 aromatic rings. The van der Waals surface area contributed by atoms with Crippen LogP contribution in [0.1, 0.15) is 38.3 Å². The molecule has 108 valence electrons. The van der Waals surface area contributed by atoms with Gasteiger partial charge in [-0.05, 0) is 30.5 Å². The minimum absolute atomic E-state index is 0.239. The van der Waals surface area contributed by atoms with Gasteiger partial charge in [0, 0.05) is 44.7 Å². The highest BCUT2D eigenvalue weighted by atomic mass is 16.5. The van der Waals surface area contributed by atoms with Crippen LogP contribution in [-0.2, 0) is 4.74 Å². The van der Waals surface area contributed by atoms with Crippen LogP contribution in [0.2, 0.25) is 0 Å².